The molecule has 0 aromatic carbocycles. The highest BCUT2D eigenvalue weighted by Gasteiger charge is 2.40. The SMILES string of the molecule is S=C1NC(c2ccccn2)C(c2cc(Br)cs2)N1CCN1CCOCC1. The lowest BCUT2D eigenvalue weighted by atomic mass is 10.0. The van der Waals surface area contributed by atoms with E-state index in [1.807, 2.05) is 18.3 Å². The number of hydrogen-bond acceptors (Lipinski definition) is 5. The summed E-state index contributed by atoms with van der Waals surface area (Å²) in [5.41, 5.74) is 1.03. The Morgan fingerprint density at radius 3 is 2.85 bits per heavy atom. The van der Waals surface area contributed by atoms with Crippen LogP contribution >= 0.6 is 39.5 Å². The number of pyridine rings is 1. The molecule has 0 spiro atoms. The third-order valence-corrected chi connectivity index (χ3v) is 6.95. The zero-order valence-electron chi connectivity index (χ0n) is 14.3. The lowest BCUT2D eigenvalue weighted by Gasteiger charge is -2.31. The van der Waals surface area contributed by atoms with E-state index in [2.05, 4.69) is 53.5 Å². The highest BCUT2D eigenvalue weighted by molar-refractivity contribution is 9.10. The summed E-state index contributed by atoms with van der Waals surface area (Å²) in [6.07, 6.45) is 1.85. The second-order valence-corrected chi connectivity index (χ2v) is 8.69. The summed E-state index contributed by atoms with van der Waals surface area (Å²) in [4.78, 5) is 10.6. The second-order valence-electron chi connectivity index (χ2n) is 6.44. The van der Waals surface area contributed by atoms with E-state index in [-0.39, 0.29) is 12.1 Å². The van der Waals surface area contributed by atoms with Crippen molar-refractivity contribution in [3.05, 3.63) is 50.9 Å². The molecule has 8 heteroatoms. The van der Waals surface area contributed by atoms with Crippen molar-refractivity contribution in [1.82, 2.24) is 20.1 Å². The fourth-order valence-corrected chi connectivity index (χ4v) is 5.44. The van der Waals surface area contributed by atoms with Crippen LogP contribution in [0.15, 0.2) is 40.3 Å². The summed E-state index contributed by atoms with van der Waals surface area (Å²) in [7, 11) is 0. The van der Waals surface area contributed by atoms with Gasteiger partial charge in [0.25, 0.3) is 0 Å². The quantitative estimate of drug-likeness (QED) is 0.702. The lowest BCUT2D eigenvalue weighted by molar-refractivity contribution is 0.0350. The molecule has 2 fully saturated rings. The molecule has 5 nitrogen and oxygen atoms in total. The van der Waals surface area contributed by atoms with Gasteiger partial charge in [0.1, 0.15) is 0 Å². The molecule has 0 aliphatic carbocycles. The first-order chi connectivity index (χ1) is 12.7. The van der Waals surface area contributed by atoms with Gasteiger partial charge in [-0.15, -0.1) is 11.3 Å². The van der Waals surface area contributed by atoms with Crippen LogP contribution in [0.1, 0.15) is 22.7 Å². The van der Waals surface area contributed by atoms with Crippen LogP contribution in [0.25, 0.3) is 0 Å². The maximum absolute atomic E-state index is 5.70. The van der Waals surface area contributed by atoms with Crippen molar-refractivity contribution in [2.75, 3.05) is 39.4 Å². The van der Waals surface area contributed by atoms with Crippen molar-refractivity contribution in [3.8, 4) is 0 Å². The average molecular weight is 453 g/mol. The van der Waals surface area contributed by atoms with Crippen molar-refractivity contribution in [2.24, 2.45) is 0 Å². The third-order valence-electron chi connectivity index (χ3n) is 4.84. The molecule has 2 aromatic heterocycles. The Labute approximate surface area is 171 Å². The number of rotatable bonds is 5. The van der Waals surface area contributed by atoms with Crippen LogP contribution in [0.5, 0.6) is 0 Å². The molecule has 26 heavy (non-hydrogen) atoms. The molecule has 2 aromatic rings. The van der Waals surface area contributed by atoms with Crippen LogP contribution < -0.4 is 5.32 Å². The van der Waals surface area contributed by atoms with E-state index in [0.717, 1.165) is 54.7 Å². The molecule has 2 atom stereocenters. The fourth-order valence-electron chi connectivity index (χ4n) is 3.51. The summed E-state index contributed by atoms with van der Waals surface area (Å²) in [5.74, 6) is 0. The molecule has 0 radical (unpaired) electrons. The van der Waals surface area contributed by atoms with Crippen LogP contribution in [0.3, 0.4) is 0 Å². The van der Waals surface area contributed by atoms with Crippen LogP contribution in [-0.2, 0) is 4.74 Å². The van der Waals surface area contributed by atoms with E-state index in [0.29, 0.717) is 0 Å². The first kappa shape index (κ1) is 18.3. The molecular formula is C18H21BrN4OS2. The summed E-state index contributed by atoms with van der Waals surface area (Å²) in [6.45, 7) is 5.51. The van der Waals surface area contributed by atoms with Crippen molar-refractivity contribution in [2.45, 2.75) is 12.1 Å². The first-order valence-electron chi connectivity index (χ1n) is 8.74. The van der Waals surface area contributed by atoms with Gasteiger partial charge in [0.2, 0.25) is 0 Å². The summed E-state index contributed by atoms with van der Waals surface area (Å²) < 4.78 is 6.57. The van der Waals surface area contributed by atoms with Crippen molar-refractivity contribution in [3.63, 3.8) is 0 Å². The number of morpholine rings is 1. The van der Waals surface area contributed by atoms with Gasteiger partial charge in [-0.25, -0.2) is 0 Å². The largest absolute Gasteiger partial charge is 0.379 e. The van der Waals surface area contributed by atoms with Gasteiger partial charge < -0.3 is 15.0 Å². The predicted octanol–water partition coefficient (Wildman–Crippen LogP) is 3.21. The normalized spacial score (nSPS) is 24.0. The molecule has 2 aliphatic heterocycles. The van der Waals surface area contributed by atoms with E-state index in [1.165, 1.54) is 4.88 Å². The van der Waals surface area contributed by atoms with Gasteiger partial charge in [-0.3, -0.25) is 9.88 Å². The van der Waals surface area contributed by atoms with Gasteiger partial charge in [-0.1, -0.05) is 6.07 Å². The Morgan fingerprint density at radius 1 is 1.31 bits per heavy atom. The minimum atomic E-state index is 0.0685. The number of thiophene rings is 1. The molecule has 2 unspecified atom stereocenters. The van der Waals surface area contributed by atoms with Crippen molar-refractivity contribution >= 4 is 44.6 Å². The third kappa shape index (κ3) is 3.94. The van der Waals surface area contributed by atoms with Crippen LogP contribution in [0.2, 0.25) is 0 Å². The van der Waals surface area contributed by atoms with Crippen molar-refractivity contribution in [1.29, 1.82) is 0 Å². The zero-order valence-corrected chi connectivity index (χ0v) is 17.5. The van der Waals surface area contributed by atoms with Gasteiger partial charge in [0.05, 0.1) is 31.0 Å². The molecule has 4 rings (SSSR count). The van der Waals surface area contributed by atoms with Gasteiger partial charge in [-0.2, -0.15) is 0 Å². The van der Waals surface area contributed by atoms with Crippen LogP contribution in [0.4, 0.5) is 0 Å². The number of nitrogens with zero attached hydrogens (tertiary/aromatic N) is 3. The number of hydrogen-bond donors (Lipinski definition) is 1. The molecule has 2 aliphatic rings. The number of ether oxygens (including phenoxy) is 1. The fraction of sp³-hybridized carbons (Fsp3) is 0.444. The Balaban J connectivity index is 1.57. The smallest absolute Gasteiger partial charge is 0.170 e. The first-order valence-corrected chi connectivity index (χ1v) is 10.8. The van der Waals surface area contributed by atoms with E-state index >= 15 is 0 Å². The van der Waals surface area contributed by atoms with Gasteiger partial charge in [0, 0.05) is 47.1 Å². The minimum absolute atomic E-state index is 0.0685. The molecule has 138 valence electrons. The second kappa shape index (κ2) is 8.31. The maximum Gasteiger partial charge on any atom is 0.170 e. The van der Waals surface area contributed by atoms with E-state index in [9.17, 15) is 0 Å². The average Bonchev–Trinajstić information content (AvgIpc) is 3.24. The minimum Gasteiger partial charge on any atom is -0.379 e. The summed E-state index contributed by atoms with van der Waals surface area (Å²) >= 11 is 11.1. The monoisotopic (exact) mass is 452 g/mol. The number of halogens is 1. The molecule has 2 saturated heterocycles. The molecule has 0 bridgehead atoms. The Hall–Kier alpha value is -1.06. The van der Waals surface area contributed by atoms with E-state index in [4.69, 9.17) is 17.0 Å². The topological polar surface area (TPSA) is 40.6 Å². The predicted molar refractivity (Wildman–Crippen MR) is 111 cm³/mol. The molecule has 4 heterocycles. The highest BCUT2D eigenvalue weighted by Crippen LogP contribution is 2.41. The summed E-state index contributed by atoms with van der Waals surface area (Å²) in [6, 6.07) is 8.48. The van der Waals surface area contributed by atoms with Gasteiger partial charge in [0.15, 0.2) is 5.11 Å². The molecule has 0 saturated carbocycles. The summed E-state index contributed by atoms with van der Waals surface area (Å²) in [5, 5.41) is 6.45. The zero-order chi connectivity index (χ0) is 17.9. The molecule has 0 amide bonds. The Bertz CT molecular complexity index is 751. The van der Waals surface area contributed by atoms with Crippen LogP contribution in [0, 0.1) is 0 Å². The van der Waals surface area contributed by atoms with E-state index in [1.54, 1.807) is 11.3 Å². The number of thiocarbonyl (C=S) groups is 1. The van der Waals surface area contributed by atoms with Gasteiger partial charge in [-0.05, 0) is 46.3 Å². The number of aromatic nitrogens is 1. The highest BCUT2D eigenvalue weighted by atomic mass is 79.9. The number of nitrogens with one attached hydrogen (secondary N) is 1. The Kier molecular flexibility index (Phi) is 5.85. The lowest BCUT2D eigenvalue weighted by Crippen LogP contribution is -2.42. The van der Waals surface area contributed by atoms with Crippen molar-refractivity contribution < 1.29 is 4.74 Å². The van der Waals surface area contributed by atoms with E-state index < -0.39 is 0 Å². The standard InChI is InChI=1S/C18H21BrN4OS2/c19-13-11-15(26-12-13)17-16(14-3-1-2-4-20-14)21-18(25)23(17)6-5-22-7-9-24-10-8-22/h1-4,11-12,16-17H,5-10H2,(H,21,25). The Morgan fingerprint density at radius 2 is 2.15 bits per heavy atom. The van der Waals surface area contributed by atoms with Gasteiger partial charge >= 0.3 is 0 Å². The molecular weight excluding hydrogens is 432 g/mol. The molecule has 1 N–H and O–H groups in total. The maximum atomic E-state index is 5.70. The van der Waals surface area contributed by atoms with Crippen LogP contribution in [-0.4, -0.2) is 59.3 Å².